The number of carbonyl (C=O) groups is 2. The van der Waals surface area contributed by atoms with Gasteiger partial charge in [0.05, 0.1) is 12.6 Å². The molecule has 0 unspecified atom stereocenters. The standard InChI is InChI=1S/C15H21F2N3O2.ClH/c1-9(2)4-13(18)15(22)20(3)8-14(21)19-12-6-10(16)5-11(17)7-12;/h5-7,9,13H,4,8,18H2,1-3H3,(H,19,21);1H/t13-;/m0./s1. The second kappa shape index (κ2) is 9.42. The maximum atomic E-state index is 13.0. The molecule has 0 fully saturated rings. The second-order valence-electron chi connectivity index (χ2n) is 5.64. The van der Waals surface area contributed by atoms with Crippen LogP contribution in [0.1, 0.15) is 20.3 Å². The van der Waals surface area contributed by atoms with Crippen molar-refractivity contribution in [1.82, 2.24) is 4.90 Å². The van der Waals surface area contributed by atoms with Gasteiger partial charge >= 0.3 is 0 Å². The highest BCUT2D eigenvalue weighted by Crippen LogP contribution is 2.13. The zero-order valence-corrected chi connectivity index (χ0v) is 14.1. The fraction of sp³-hybridized carbons (Fsp3) is 0.467. The summed E-state index contributed by atoms with van der Waals surface area (Å²) in [6, 6.07) is 2.01. The van der Waals surface area contributed by atoms with Crippen LogP contribution in [0.25, 0.3) is 0 Å². The van der Waals surface area contributed by atoms with Gasteiger partial charge in [-0.05, 0) is 24.5 Å². The van der Waals surface area contributed by atoms with Crippen molar-refractivity contribution in [3.63, 3.8) is 0 Å². The molecule has 0 saturated heterocycles. The first-order chi connectivity index (χ1) is 10.2. The minimum atomic E-state index is -0.793. The summed E-state index contributed by atoms with van der Waals surface area (Å²) in [4.78, 5) is 25.0. The van der Waals surface area contributed by atoms with Crippen molar-refractivity contribution in [3.05, 3.63) is 29.8 Å². The first-order valence-electron chi connectivity index (χ1n) is 6.95. The third-order valence-electron chi connectivity index (χ3n) is 2.95. The van der Waals surface area contributed by atoms with E-state index in [4.69, 9.17) is 5.73 Å². The number of anilines is 1. The molecular formula is C15H22ClF2N3O2. The Morgan fingerprint density at radius 1 is 1.22 bits per heavy atom. The van der Waals surface area contributed by atoms with Gasteiger partial charge in [0, 0.05) is 18.8 Å². The predicted octanol–water partition coefficient (Wildman–Crippen LogP) is 2.16. The number of carbonyl (C=O) groups excluding carboxylic acids is 2. The molecule has 0 aliphatic rings. The summed E-state index contributed by atoms with van der Waals surface area (Å²) in [5.74, 6) is -2.24. The summed E-state index contributed by atoms with van der Waals surface area (Å²) in [7, 11) is 1.45. The molecule has 0 spiro atoms. The number of hydrogen-bond donors (Lipinski definition) is 2. The monoisotopic (exact) mass is 349 g/mol. The van der Waals surface area contributed by atoms with E-state index in [-0.39, 0.29) is 36.5 Å². The summed E-state index contributed by atoms with van der Waals surface area (Å²) < 4.78 is 26.0. The highest BCUT2D eigenvalue weighted by molar-refractivity contribution is 5.95. The number of likely N-dealkylation sites (N-methyl/N-ethyl adjacent to an activating group) is 1. The van der Waals surface area contributed by atoms with E-state index in [1.807, 2.05) is 13.8 Å². The van der Waals surface area contributed by atoms with Crippen molar-refractivity contribution < 1.29 is 18.4 Å². The maximum absolute atomic E-state index is 13.0. The Kier molecular flexibility index (Phi) is 8.71. The Morgan fingerprint density at radius 3 is 2.22 bits per heavy atom. The number of halogens is 3. The van der Waals surface area contributed by atoms with Gasteiger partial charge in [-0.2, -0.15) is 0 Å². The summed E-state index contributed by atoms with van der Waals surface area (Å²) in [5.41, 5.74) is 5.76. The van der Waals surface area contributed by atoms with Crippen molar-refractivity contribution in [2.45, 2.75) is 26.3 Å². The van der Waals surface area contributed by atoms with E-state index in [1.165, 1.54) is 11.9 Å². The van der Waals surface area contributed by atoms with E-state index in [1.54, 1.807) is 0 Å². The Hall–Kier alpha value is -1.73. The molecule has 2 amide bonds. The minimum absolute atomic E-state index is 0. The van der Waals surface area contributed by atoms with Gasteiger partial charge < -0.3 is 16.0 Å². The van der Waals surface area contributed by atoms with E-state index in [0.717, 1.165) is 12.1 Å². The van der Waals surface area contributed by atoms with Crippen LogP contribution in [-0.2, 0) is 9.59 Å². The molecule has 0 bridgehead atoms. The fourth-order valence-electron chi connectivity index (χ4n) is 2.01. The van der Waals surface area contributed by atoms with E-state index in [2.05, 4.69) is 5.32 Å². The van der Waals surface area contributed by atoms with E-state index < -0.39 is 23.6 Å². The molecule has 1 aromatic rings. The first-order valence-corrected chi connectivity index (χ1v) is 6.95. The normalized spacial score (nSPS) is 11.6. The Labute approximate surface area is 140 Å². The maximum Gasteiger partial charge on any atom is 0.243 e. The van der Waals surface area contributed by atoms with Crippen LogP contribution in [0.4, 0.5) is 14.5 Å². The van der Waals surface area contributed by atoms with Crippen LogP contribution in [0.3, 0.4) is 0 Å². The van der Waals surface area contributed by atoms with Crippen LogP contribution in [0.15, 0.2) is 18.2 Å². The molecule has 1 atom stereocenters. The molecule has 130 valence electrons. The number of nitrogens with zero attached hydrogens (tertiary/aromatic N) is 1. The molecular weight excluding hydrogens is 328 g/mol. The lowest BCUT2D eigenvalue weighted by atomic mass is 10.0. The Bertz CT molecular complexity index is 535. The lowest BCUT2D eigenvalue weighted by Gasteiger charge is -2.21. The number of benzene rings is 1. The third kappa shape index (κ3) is 7.38. The molecule has 0 heterocycles. The summed E-state index contributed by atoms with van der Waals surface area (Å²) in [5, 5.41) is 2.34. The smallest absolute Gasteiger partial charge is 0.243 e. The predicted molar refractivity (Wildman–Crippen MR) is 87.3 cm³/mol. The largest absolute Gasteiger partial charge is 0.335 e. The Balaban J connectivity index is 0.00000484. The topological polar surface area (TPSA) is 75.4 Å². The van der Waals surface area contributed by atoms with Crippen LogP contribution in [0.2, 0.25) is 0 Å². The SMILES string of the molecule is CC(C)C[C@H](N)C(=O)N(C)CC(=O)Nc1cc(F)cc(F)c1.Cl. The summed E-state index contributed by atoms with van der Waals surface area (Å²) in [6.07, 6.45) is 0.514. The lowest BCUT2D eigenvalue weighted by molar-refractivity contribution is -0.134. The third-order valence-corrected chi connectivity index (χ3v) is 2.95. The number of nitrogens with two attached hydrogens (primary N) is 1. The van der Waals surface area contributed by atoms with Gasteiger partial charge in [-0.25, -0.2) is 8.78 Å². The van der Waals surface area contributed by atoms with Gasteiger partial charge in [0.1, 0.15) is 11.6 Å². The van der Waals surface area contributed by atoms with E-state index in [0.29, 0.717) is 12.5 Å². The van der Waals surface area contributed by atoms with Crippen LogP contribution < -0.4 is 11.1 Å². The van der Waals surface area contributed by atoms with Crippen LogP contribution in [0.5, 0.6) is 0 Å². The number of amides is 2. The molecule has 1 rings (SSSR count). The van der Waals surface area contributed by atoms with Gasteiger partial charge in [0.25, 0.3) is 0 Å². The molecule has 0 saturated carbocycles. The number of nitrogens with one attached hydrogen (secondary N) is 1. The van der Waals surface area contributed by atoms with Crippen molar-refractivity contribution in [3.8, 4) is 0 Å². The van der Waals surface area contributed by atoms with E-state index >= 15 is 0 Å². The van der Waals surface area contributed by atoms with E-state index in [9.17, 15) is 18.4 Å². The zero-order chi connectivity index (χ0) is 16.9. The molecule has 1 aromatic carbocycles. The van der Waals surface area contributed by atoms with Crippen LogP contribution >= 0.6 is 12.4 Å². The Morgan fingerprint density at radius 2 is 1.74 bits per heavy atom. The fourth-order valence-corrected chi connectivity index (χ4v) is 2.01. The molecule has 23 heavy (non-hydrogen) atoms. The summed E-state index contributed by atoms with van der Waals surface area (Å²) >= 11 is 0. The van der Waals surface area contributed by atoms with Gasteiger partial charge in [0.2, 0.25) is 11.8 Å². The average Bonchev–Trinajstić information content (AvgIpc) is 2.35. The summed E-state index contributed by atoms with van der Waals surface area (Å²) in [6.45, 7) is 3.64. The highest BCUT2D eigenvalue weighted by atomic mass is 35.5. The van der Waals surface area contributed by atoms with Crippen molar-refractivity contribution >= 4 is 29.9 Å². The molecule has 0 radical (unpaired) electrons. The molecule has 0 aromatic heterocycles. The zero-order valence-electron chi connectivity index (χ0n) is 13.3. The van der Waals surface area contributed by atoms with Crippen molar-refractivity contribution in [2.24, 2.45) is 11.7 Å². The van der Waals surface area contributed by atoms with Crippen LogP contribution in [0, 0.1) is 17.6 Å². The van der Waals surface area contributed by atoms with Gasteiger partial charge in [-0.3, -0.25) is 9.59 Å². The number of rotatable bonds is 6. The van der Waals surface area contributed by atoms with Gasteiger partial charge in [0.15, 0.2) is 0 Å². The molecule has 3 N–H and O–H groups in total. The number of hydrogen-bond acceptors (Lipinski definition) is 3. The highest BCUT2D eigenvalue weighted by Gasteiger charge is 2.20. The van der Waals surface area contributed by atoms with Crippen LogP contribution in [-0.4, -0.2) is 36.3 Å². The molecule has 0 aliphatic heterocycles. The lowest BCUT2D eigenvalue weighted by Crippen LogP contribution is -2.45. The van der Waals surface area contributed by atoms with Crippen molar-refractivity contribution in [1.29, 1.82) is 0 Å². The van der Waals surface area contributed by atoms with Crippen molar-refractivity contribution in [2.75, 3.05) is 18.9 Å². The second-order valence-corrected chi connectivity index (χ2v) is 5.64. The van der Waals surface area contributed by atoms with Gasteiger partial charge in [-0.1, -0.05) is 13.8 Å². The molecule has 0 aliphatic carbocycles. The van der Waals surface area contributed by atoms with Gasteiger partial charge in [-0.15, -0.1) is 12.4 Å². The molecule has 8 heteroatoms. The quantitative estimate of drug-likeness (QED) is 0.826. The first kappa shape index (κ1) is 21.3. The average molecular weight is 350 g/mol. The molecule has 5 nitrogen and oxygen atoms in total. The minimum Gasteiger partial charge on any atom is -0.335 e.